The van der Waals surface area contributed by atoms with Gasteiger partial charge in [-0.25, -0.2) is 13.9 Å². The fourth-order valence-electron chi connectivity index (χ4n) is 4.54. The first-order chi connectivity index (χ1) is 20.4. The number of anilines is 2. The number of nitrogens with one attached hydrogen (secondary N) is 2. The van der Waals surface area contributed by atoms with E-state index in [0.29, 0.717) is 11.3 Å². The summed E-state index contributed by atoms with van der Waals surface area (Å²) in [6.45, 7) is 7.75. The van der Waals surface area contributed by atoms with E-state index in [2.05, 4.69) is 31.9 Å². The number of esters is 1. The normalized spacial score (nSPS) is 25.8. The quantitative estimate of drug-likeness (QED) is 0.124. The van der Waals surface area contributed by atoms with E-state index in [1.54, 1.807) is 44.2 Å². The number of aliphatic hydroxyl groups is 1. The van der Waals surface area contributed by atoms with Gasteiger partial charge in [0.15, 0.2) is 23.2 Å². The zero-order valence-corrected chi connectivity index (χ0v) is 24.8. The van der Waals surface area contributed by atoms with Crippen molar-refractivity contribution >= 4 is 36.6 Å². The largest absolute Gasteiger partial charge is 0.462 e. The Hall–Kier alpha value is -3.62. The van der Waals surface area contributed by atoms with Crippen molar-refractivity contribution in [1.29, 1.82) is 0 Å². The molecule has 0 radical (unpaired) electrons. The van der Waals surface area contributed by atoms with Gasteiger partial charge in [0, 0.05) is 6.04 Å². The third-order valence-corrected chi connectivity index (χ3v) is 8.49. The SMILES string of the molecule is C=C[C@@]1(F)[C@H](O)[C@@H](COP(=O)(N[C@H](C)C(=O)OC(C)C)Oc2ccccc2)O[C@H]1n1cnc2c(NC3CC3)nc(N)nc21. The molecule has 2 aliphatic rings. The standard InChI is InChI=1S/C27H35FN7O7P/c1-5-27(28)21(36)19(41-25(27)35-14-30-20-22(31-17-11-12-17)32-26(29)33-23(20)35)13-39-43(38,42-18-9-7-6-8-10-18)34-16(4)24(37)40-15(2)3/h5-10,14-17,19,21,25,36H,1,11-13H2,2-4H3,(H,34,38)(H3,29,31,32,33)/t16-,19-,21-,25-,27-,43?/m1/s1. The van der Waals surface area contributed by atoms with Crippen molar-refractivity contribution in [3.05, 3.63) is 49.3 Å². The maximum atomic E-state index is 16.4. The highest BCUT2D eigenvalue weighted by atomic mass is 31.2. The molecule has 16 heteroatoms. The fourth-order valence-corrected chi connectivity index (χ4v) is 6.04. The van der Waals surface area contributed by atoms with E-state index in [1.165, 1.54) is 17.8 Å². The van der Waals surface area contributed by atoms with Gasteiger partial charge in [-0.1, -0.05) is 24.8 Å². The van der Waals surface area contributed by atoms with E-state index in [9.17, 15) is 14.5 Å². The first-order valence-corrected chi connectivity index (χ1v) is 15.4. The molecule has 0 amide bonds. The van der Waals surface area contributed by atoms with Crippen LogP contribution < -0.4 is 20.7 Å². The molecule has 1 aliphatic carbocycles. The topological polar surface area (TPSA) is 185 Å². The summed E-state index contributed by atoms with van der Waals surface area (Å²) in [6, 6.07) is 7.26. The molecule has 43 heavy (non-hydrogen) atoms. The third kappa shape index (κ3) is 6.65. The number of fused-ring (bicyclic) bond motifs is 1. The Labute approximate surface area is 247 Å². The van der Waals surface area contributed by atoms with Crippen molar-refractivity contribution in [2.45, 2.75) is 75.9 Å². The van der Waals surface area contributed by atoms with Gasteiger partial charge < -0.3 is 30.2 Å². The van der Waals surface area contributed by atoms with Gasteiger partial charge in [-0.05, 0) is 51.8 Å². The van der Waals surface area contributed by atoms with Crippen molar-refractivity contribution in [3.63, 3.8) is 0 Å². The van der Waals surface area contributed by atoms with Crippen LogP contribution in [0.2, 0.25) is 0 Å². The van der Waals surface area contributed by atoms with Gasteiger partial charge >= 0.3 is 13.7 Å². The monoisotopic (exact) mass is 619 g/mol. The van der Waals surface area contributed by atoms with Crippen LogP contribution in [0.15, 0.2) is 49.3 Å². The maximum Gasteiger partial charge on any atom is 0.459 e. The average Bonchev–Trinajstić information content (AvgIpc) is 3.62. The third-order valence-electron chi connectivity index (χ3n) is 6.84. The smallest absolute Gasteiger partial charge is 0.459 e. The summed E-state index contributed by atoms with van der Waals surface area (Å²) in [4.78, 5) is 25.2. The second-order valence-corrected chi connectivity index (χ2v) is 12.4. The summed E-state index contributed by atoms with van der Waals surface area (Å²) >= 11 is 0. The lowest BCUT2D eigenvalue weighted by molar-refractivity contribution is -0.149. The summed E-state index contributed by atoms with van der Waals surface area (Å²) in [5.74, 6) is -0.169. The predicted molar refractivity (Wildman–Crippen MR) is 155 cm³/mol. The van der Waals surface area contributed by atoms with Gasteiger partial charge in [0.2, 0.25) is 11.6 Å². The molecule has 2 aromatic heterocycles. The van der Waals surface area contributed by atoms with E-state index in [1.807, 2.05) is 0 Å². The minimum absolute atomic E-state index is 0.0610. The molecule has 5 rings (SSSR count). The van der Waals surface area contributed by atoms with Crippen LogP contribution in [0.25, 0.3) is 11.2 Å². The van der Waals surface area contributed by atoms with Crippen LogP contribution in [0.4, 0.5) is 16.2 Å². The van der Waals surface area contributed by atoms with Crippen molar-refractivity contribution in [2.75, 3.05) is 17.7 Å². The summed E-state index contributed by atoms with van der Waals surface area (Å²) in [5, 5.41) is 16.8. The predicted octanol–water partition coefficient (Wildman–Crippen LogP) is 3.27. The van der Waals surface area contributed by atoms with Crippen LogP contribution in [0, 0.1) is 0 Å². The molecule has 1 aromatic carbocycles. The number of aliphatic hydroxyl groups excluding tert-OH is 1. The fraction of sp³-hybridized carbons (Fsp3) is 0.481. The molecule has 1 unspecified atom stereocenters. The van der Waals surface area contributed by atoms with Crippen molar-refractivity contribution in [3.8, 4) is 5.75 Å². The number of aromatic nitrogens is 4. The highest BCUT2D eigenvalue weighted by Crippen LogP contribution is 2.48. The summed E-state index contributed by atoms with van der Waals surface area (Å²) in [5.41, 5.74) is 3.91. The lowest BCUT2D eigenvalue weighted by Gasteiger charge is -2.26. The van der Waals surface area contributed by atoms with Gasteiger partial charge in [-0.3, -0.25) is 13.9 Å². The number of benzene rings is 1. The van der Waals surface area contributed by atoms with Crippen molar-refractivity contribution < 1.29 is 37.4 Å². The number of nitrogens with two attached hydrogens (primary N) is 1. The Morgan fingerprint density at radius 2 is 2.05 bits per heavy atom. The number of imidazole rings is 1. The molecule has 232 valence electrons. The van der Waals surface area contributed by atoms with Gasteiger partial charge in [0.25, 0.3) is 0 Å². The number of halogens is 1. The summed E-state index contributed by atoms with van der Waals surface area (Å²) < 4.78 is 54.0. The molecule has 14 nitrogen and oxygen atoms in total. The number of carbonyl (C=O) groups is 1. The molecule has 1 aliphatic heterocycles. The molecule has 1 saturated carbocycles. The zero-order valence-electron chi connectivity index (χ0n) is 23.9. The second-order valence-electron chi connectivity index (χ2n) is 10.7. The molecular weight excluding hydrogens is 584 g/mol. The van der Waals surface area contributed by atoms with Crippen LogP contribution >= 0.6 is 7.75 Å². The minimum atomic E-state index is -4.32. The molecule has 3 aromatic rings. The molecule has 1 saturated heterocycles. The van der Waals surface area contributed by atoms with E-state index >= 15 is 4.39 Å². The van der Waals surface area contributed by atoms with Crippen LogP contribution in [0.5, 0.6) is 5.75 Å². The number of ether oxygens (including phenoxy) is 2. The molecule has 0 bridgehead atoms. The van der Waals surface area contributed by atoms with E-state index in [-0.39, 0.29) is 23.4 Å². The van der Waals surface area contributed by atoms with E-state index in [4.69, 9.17) is 24.3 Å². The van der Waals surface area contributed by atoms with Crippen LogP contribution in [0.3, 0.4) is 0 Å². The lowest BCUT2D eigenvalue weighted by atomic mass is 9.96. The van der Waals surface area contributed by atoms with Gasteiger partial charge in [-0.2, -0.15) is 15.1 Å². The Balaban J connectivity index is 1.38. The van der Waals surface area contributed by atoms with E-state index < -0.39 is 56.6 Å². The highest BCUT2D eigenvalue weighted by molar-refractivity contribution is 7.52. The number of para-hydroxylation sites is 1. The highest BCUT2D eigenvalue weighted by Gasteiger charge is 2.57. The number of hydrogen-bond donors (Lipinski definition) is 4. The van der Waals surface area contributed by atoms with Crippen LogP contribution in [0.1, 0.15) is 39.8 Å². The molecule has 3 heterocycles. The van der Waals surface area contributed by atoms with Crippen LogP contribution in [-0.2, 0) is 23.4 Å². The summed E-state index contributed by atoms with van der Waals surface area (Å²) in [6.07, 6.45) is -0.912. The first kappa shape index (κ1) is 30.8. The second kappa shape index (κ2) is 12.2. The first-order valence-electron chi connectivity index (χ1n) is 13.8. The molecular formula is C27H35FN7O7P. The average molecular weight is 620 g/mol. The van der Waals surface area contributed by atoms with Gasteiger partial charge in [0.1, 0.15) is 24.0 Å². The Kier molecular flexibility index (Phi) is 8.72. The molecule has 6 atom stereocenters. The van der Waals surface area contributed by atoms with Crippen molar-refractivity contribution in [1.82, 2.24) is 24.6 Å². The van der Waals surface area contributed by atoms with E-state index in [0.717, 1.165) is 18.9 Å². The zero-order chi connectivity index (χ0) is 30.9. The Bertz CT molecular complexity index is 1520. The van der Waals surface area contributed by atoms with Crippen molar-refractivity contribution in [2.24, 2.45) is 0 Å². The number of alkyl halides is 1. The number of hydrogen-bond acceptors (Lipinski definition) is 12. The number of rotatable bonds is 13. The van der Waals surface area contributed by atoms with Gasteiger partial charge in [0.05, 0.1) is 19.0 Å². The molecule has 5 N–H and O–H groups in total. The Morgan fingerprint density at radius 3 is 2.70 bits per heavy atom. The minimum Gasteiger partial charge on any atom is -0.462 e. The Morgan fingerprint density at radius 1 is 1.33 bits per heavy atom. The molecule has 0 spiro atoms. The maximum absolute atomic E-state index is 16.4. The number of carbonyl (C=O) groups excluding carboxylic acids is 1. The lowest BCUT2D eigenvalue weighted by Crippen LogP contribution is -2.42. The molecule has 2 fully saturated rings. The number of nitrogens with zero attached hydrogens (tertiary/aromatic N) is 4. The number of nitrogen functional groups attached to an aromatic ring is 1. The summed E-state index contributed by atoms with van der Waals surface area (Å²) in [7, 11) is -4.32. The van der Waals surface area contributed by atoms with Gasteiger partial charge in [-0.15, -0.1) is 0 Å². The van der Waals surface area contributed by atoms with Crippen LogP contribution in [-0.4, -0.2) is 73.3 Å².